The van der Waals surface area contributed by atoms with Crippen LogP contribution in [0.25, 0.3) is 0 Å². The summed E-state index contributed by atoms with van der Waals surface area (Å²) in [7, 11) is 0. The molecule has 0 aliphatic carbocycles. The molecular weight excluding hydrogens is 176 g/mol. The topological polar surface area (TPSA) is 55.1 Å². The highest BCUT2D eigenvalue weighted by Gasteiger charge is 2.13. The highest BCUT2D eigenvalue weighted by molar-refractivity contribution is 5.74. The third kappa shape index (κ3) is 1.71. The number of primary amides is 1. The molecule has 1 aromatic rings. The van der Waals surface area contributed by atoms with Crippen LogP contribution in [0.3, 0.4) is 0 Å². The van der Waals surface area contributed by atoms with Crippen LogP contribution in [0.5, 0.6) is 0 Å². The molecule has 0 unspecified atom stereocenters. The maximum absolute atomic E-state index is 10.7. The van der Waals surface area contributed by atoms with Crippen molar-refractivity contribution in [3.63, 3.8) is 0 Å². The lowest BCUT2D eigenvalue weighted by molar-refractivity contribution is -0.117. The van der Waals surface area contributed by atoms with Crippen LogP contribution in [0.1, 0.15) is 17.5 Å². The smallest absolute Gasteiger partial charge is 0.217 e. The van der Waals surface area contributed by atoms with Crippen molar-refractivity contribution in [1.82, 2.24) is 0 Å². The second kappa shape index (κ2) is 3.70. The Bertz CT molecular complexity index is 360. The normalized spacial score (nSPS) is 13.4. The Kier molecular flexibility index (Phi) is 2.39. The zero-order valence-electron chi connectivity index (χ0n) is 8.05. The van der Waals surface area contributed by atoms with Crippen molar-refractivity contribution in [1.29, 1.82) is 0 Å². The van der Waals surface area contributed by atoms with Crippen LogP contribution in [0.15, 0.2) is 18.2 Å². The summed E-state index contributed by atoms with van der Waals surface area (Å²) in [6.45, 7) is 1.00. The van der Waals surface area contributed by atoms with E-state index in [4.69, 9.17) is 5.73 Å². The fourth-order valence-electron chi connectivity index (χ4n) is 1.88. The number of rotatable bonds is 3. The second-order valence-electron chi connectivity index (χ2n) is 3.59. The molecule has 3 N–H and O–H groups in total. The standard InChI is InChI=1S/C11H14N2O/c12-10(14)5-4-8-2-1-3-9-6-7-13-11(8)9/h1-3,13H,4-7H2,(H2,12,14). The molecule has 3 heteroatoms. The third-order valence-corrected chi connectivity index (χ3v) is 2.57. The first-order chi connectivity index (χ1) is 6.77. The lowest BCUT2D eigenvalue weighted by Gasteiger charge is -2.07. The molecule has 0 radical (unpaired) electrons. The summed E-state index contributed by atoms with van der Waals surface area (Å²) in [4.78, 5) is 10.7. The molecule has 1 aliphatic heterocycles. The van der Waals surface area contributed by atoms with Crippen molar-refractivity contribution < 1.29 is 4.79 Å². The van der Waals surface area contributed by atoms with Crippen molar-refractivity contribution in [2.45, 2.75) is 19.3 Å². The molecule has 0 spiro atoms. The summed E-state index contributed by atoms with van der Waals surface area (Å²) in [5.41, 5.74) is 8.90. The first kappa shape index (κ1) is 9.06. The van der Waals surface area contributed by atoms with Crippen LogP contribution in [0, 0.1) is 0 Å². The van der Waals surface area contributed by atoms with Gasteiger partial charge in [0.25, 0.3) is 0 Å². The summed E-state index contributed by atoms with van der Waals surface area (Å²) in [6.07, 6.45) is 2.25. The molecule has 0 bridgehead atoms. The average Bonchev–Trinajstić information content (AvgIpc) is 2.62. The molecule has 3 nitrogen and oxygen atoms in total. The summed E-state index contributed by atoms with van der Waals surface area (Å²) < 4.78 is 0. The lowest BCUT2D eigenvalue weighted by Crippen LogP contribution is -2.11. The molecule has 0 atom stereocenters. The molecule has 1 heterocycles. The second-order valence-corrected chi connectivity index (χ2v) is 3.59. The molecule has 0 saturated heterocycles. The summed E-state index contributed by atoms with van der Waals surface area (Å²) in [6, 6.07) is 6.23. The molecule has 0 saturated carbocycles. The van der Waals surface area contributed by atoms with Gasteiger partial charge in [0, 0.05) is 18.7 Å². The van der Waals surface area contributed by atoms with Gasteiger partial charge in [0.05, 0.1) is 0 Å². The predicted molar refractivity (Wildman–Crippen MR) is 56.2 cm³/mol. The van der Waals surface area contributed by atoms with Gasteiger partial charge in [0.15, 0.2) is 0 Å². The predicted octanol–water partition coefficient (Wildman–Crippen LogP) is 1.07. The molecule has 14 heavy (non-hydrogen) atoms. The van der Waals surface area contributed by atoms with E-state index in [1.807, 2.05) is 6.07 Å². The number of carbonyl (C=O) groups excluding carboxylic acids is 1. The molecule has 74 valence electrons. The number of fused-ring (bicyclic) bond motifs is 1. The molecule has 1 amide bonds. The number of hydrogen-bond acceptors (Lipinski definition) is 2. The van der Waals surface area contributed by atoms with Crippen molar-refractivity contribution in [3.05, 3.63) is 29.3 Å². The average molecular weight is 190 g/mol. The number of para-hydroxylation sites is 1. The highest BCUT2D eigenvalue weighted by Crippen LogP contribution is 2.26. The molecular formula is C11H14N2O. The maximum atomic E-state index is 10.7. The number of nitrogens with one attached hydrogen (secondary N) is 1. The van der Waals surface area contributed by atoms with Gasteiger partial charge < -0.3 is 11.1 Å². The van der Waals surface area contributed by atoms with Crippen LogP contribution in [-0.4, -0.2) is 12.5 Å². The van der Waals surface area contributed by atoms with E-state index in [1.165, 1.54) is 16.8 Å². The van der Waals surface area contributed by atoms with Crippen molar-refractivity contribution in [2.75, 3.05) is 11.9 Å². The van der Waals surface area contributed by atoms with Crippen molar-refractivity contribution in [2.24, 2.45) is 5.73 Å². The SMILES string of the molecule is NC(=O)CCc1cccc2c1NCC2. The van der Waals surface area contributed by atoms with Crippen LogP contribution in [0.4, 0.5) is 5.69 Å². The quantitative estimate of drug-likeness (QED) is 0.749. The number of hydrogen-bond donors (Lipinski definition) is 2. The van der Waals surface area contributed by atoms with Gasteiger partial charge in [-0.25, -0.2) is 0 Å². The first-order valence-corrected chi connectivity index (χ1v) is 4.90. The van der Waals surface area contributed by atoms with Crippen molar-refractivity contribution in [3.8, 4) is 0 Å². The fraction of sp³-hybridized carbons (Fsp3) is 0.364. The Morgan fingerprint density at radius 1 is 1.50 bits per heavy atom. The van der Waals surface area contributed by atoms with Gasteiger partial charge in [-0.05, 0) is 24.0 Å². The van der Waals surface area contributed by atoms with Gasteiger partial charge in [-0.2, -0.15) is 0 Å². The van der Waals surface area contributed by atoms with Crippen molar-refractivity contribution >= 4 is 11.6 Å². The first-order valence-electron chi connectivity index (χ1n) is 4.90. The highest BCUT2D eigenvalue weighted by atomic mass is 16.1. The van der Waals surface area contributed by atoms with Gasteiger partial charge in [-0.3, -0.25) is 4.79 Å². The minimum Gasteiger partial charge on any atom is -0.384 e. The van der Waals surface area contributed by atoms with Crippen LogP contribution in [-0.2, 0) is 17.6 Å². The Morgan fingerprint density at radius 3 is 3.14 bits per heavy atom. The van der Waals surface area contributed by atoms with E-state index >= 15 is 0 Å². The zero-order chi connectivity index (χ0) is 9.97. The third-order valence-electron chi connectivity index (χ3n) is 2.57. The lowest BCUT2D eigenvalue weighted by atomic mass is 10.0. The van der Waals surface area contributed by atoms with Gasteiger partial charge in [-0.1, -0.05) is 18.2 Å². The number of benzene rings is 1. The molecule has 1 aromatic carbocycles. The van der Waals surface area contributed by atoms with Gasteiger partial charge >= 0.3 is 0 Å². The summed E-state index contributed by atoms with van der Waals surface area (Å²) in [5.74, 6) is -0.236. The minimum absolute atomic E-state index is 0.236. The number of aryl methyl sites for hydroxylation is 1. The molecule has 0 aromatic heterocycles. The van der Waals surface area contributed by atoms with Gasteiger partial charge in [-0.15, -0.1) is 0 Å². The number of carbonyl (C=O) groups is 1. The maximum Gasteiger partial charge on any atom is 0.217 e. The Hall–Kier alpha value is -1.51. The Balaban J connectivity index is 2.17. The number of amides is 1. The van der Waals surface area contributed by atoms with E-state index in [0.29, 0.717) is 6.42 Å². The van der Waals surface area contributed by atoms with Gasteiger partial charge in [0.1, 0.15) is 0 Å². The van der Waals surface area contributed by atoms with E-state index in [0.717, 1.165) is 19.4 Å². The Labute approximate surface area is 83.3 Å². The largest absolute Gasteiger partial charge is 0.384 e. The van der Waals surface area contributed by atoms with E-state index in [1.54, 1.807) is 0 Å². The fourth-order valence-corrected chi connectivity index (χ4v) is 1.88. The monoisotopic (exact) mass is 190 g/mol. The van der Waals surface area contributed by atoms with Gasteiger partial charge in [0.2, 0.25) is 5.91 Å². The number of anilines is 1. The molecule has 0 fully saturated rings. The van der Waals surface area contributed by atoms with Crippen LogP contribution < -0.4 is 11.1 Å². The van der Waals surface area contributed by atoms with E-state index in [2.05, 4.69) is 17.4 Å². The minimum atomic E-state index is -0.236. The molecule has 2 rings (SSSR count). The van der Waals surface area contributed by atoms with E-state index in [9.17, 15) is 4.79 Å². The van der Waals surface area contributed by atoms with E-state index in [-0.39, 0.29) is 5.91 Å². The zero-order valence-corrected chi connectivity index (χ0v) is 8.05. The van der Waals surface area contributed by atoms with Crippen LogP contribution in [0.2, 0.25) is 0 Å². The Morgan fingerprint density at radius 2 is 2.36 bits per heavy atom. The van der Waals surface area contributed by atoms with Crippen LogP contribution >= 0.6 is 0 Å². The summed E-state index contributed by atoms with van der Waals surface area (Å²) >= 11 is 0. The summed E-state index contributed by atoms with van der Waals surface area (Å²) in [5, 5.41) is 3.34. The number of nitrogens with two attached hydrogens (primary N) is 1. The molecule has 1 aliphatic rings. The van der Waals surface area contributed by atoms with E-state index < -0.39 is 0 Å².